The lowest BCUT2D eigenvalue weighted by atomic mass is 10.0. The van der Waals surface area contributed by atoms with Crippen LogP contribution >= 0.6 is 7.82 Å². The SMILES string of the molecule is CCCCCCCCCCCCCCCCCCCOCC(COP(=O)(O)OCC[N+](C)(C)C)OC(C)=O. The van der Waals surface area contributed by atoms with E-state index in [0.717, 1.165) is 12.8 Å². The smallest absolute Gasteiger partial charge is 0.458 e. The summed E-state index contributed by atoms with van der Waals surface area (Å²) in [5.41, 5.74) is 0. The summed E-state index contributed by atoms with van der Waals surface area (Å²) in [7, 11) is 1.66. The number of hydrogen-bond donors (Lipinski definition) is 1. The van der Waals surface area contributed by atoms with Crippen LogP contribution in [-0.4, -0.2) is 75.6 Å². The fourth-order valence-electron chi connectivity index (χ4n) is 4.14. The highest BCUT2D eigenvalue weighted by Gasteiger charge is 2.25. The first-order chi connectivity index (χ1) is 18.1. The normalized spacial score (nSPS) is 14.4. The lowest BCUT2D eigenvalue weighted by Gasteiger charge is -2.24. The van der Waals surface area contributed by atoms with E-state index in [-0.39, 0.29) is 19.8 Å². The van der Waals surface area contributed by atoms with Crippen LogP contribution in [0.15, 0.2) is 0 Å². The van der Waals surface area contributed by atoms with Crippen molar-refractivity contribution < 1.29 is 37.3 Å². The van der Waals surface area contributed by atoms with Gasteiger partial charge in [-0.1, -0.05) is 110 Å². The van der Waals surface area contributed by atoms with Gasteiger partial charge in [-0.3, -0.25) is 13.8 Å². The molecule has 0 fully saturated rings. The molecule has 0 aromatic carbocycles. The van der Waals surface area contributed by atoms with E-state index in [0.29, 0.717) is 17.6 Å². The Balaban J connectivity index is 3.68. The first-order valence-corrected chi connectivity index (χ1v) is 16.7. The van der Waals surface area contributed by atoms with Crippen molar-refractivity contribution in [3.63, 3.8) is 0 Å². The molecule has 38 heavy (non-hydrogen) atoms. The maximum atomic E-state index is 12.1. The largest absolute Gasteiger partial charge is 0.472 e. The highest BCUT2D eigenvalue weighted by molar-refractivity contribution is 7.47. The summed E-state index contributed by atoms with van der Waals surface area (Å²) in [5.74, 6) is -0.487. The Hall–Kier alpha value is -0.500. The van der Waals surface area contributed by atoms with Crippen LogP contribution in [0.1, 0.15) is 123 Å². The maximum Gasteiger partial charge on any atom is 0.472 e. The molecule has 0 aliphatic rings. The molecular weight excluding hydrogens is 505 g/mol. The molecule has 228 valence electrons. The molecule has 0 aliphatic carbocycles. The van der Waals surface area contributed by atoms with Gasteiger partial charge in [0.1, 0.15) is 19.3 Å². The van der Waals surface area contributed by atoms with E-state index >= 15 is 0 Å². The summed E-state index contributed by atoms with van der Waals surface area (Å²) < 4.78 is 33.5. The van der Waals surface area contributed by atoms with Crippen LogP contribution < -0.4 is 0 Å². The molecule has 9 heteroatoms. The van der Waals surface area contributed by atoms with Crippen molar-refractivity contribution in [1.82, 2.24) is 0 Å². The third-order valence-corrected chi connectivity index (χ3v) is 7.45. The molecule has 2 atom stereocenters. The standard InChI is InChI=1S/C29H60NO7P/c1-6-7-8-9-10-11-12-13-14-15-16-17-18-19-20-21-22-24-34-26-29(37-28(2)31)27-36-38(32,33)35-25-23-30(3,4)5/h29H,6-27H2,1-5H3/p+1. The molecule has 0 bridgehead atoms. The zero-order valence-electron chi connectivity index (χ0n) is 25.4. The molecular formula is C29H61NO7P+. The summed E-state index contributed by atoms with van der Waals surface area (Å²) in [4.78, 5) is 21.2. The van der Waals surface area contributed by atoms with Crippen molar-refractivity contribution in [2.24, 2.45) is 0 Å². The van der Waals surface area contributed by atoms with Crippen molar-refractivity contribution in [2.75, 3.05) is 54.1 Å². The molecule has 0 aliphatic heterocycles. The molecule has 0 saturated carbocycles. The molecule has 0 aromatic heterocycles. The van der Waals surface area contributed by atoms with Gasteiger partial charge in [0.15, 0.2) is 0 Å². The number of likely N-dealkylation sites (N-methyl/N-ethyl adjacent to an activating group) is 1. The van der Waals surface area contributed by atoms with Gasteiger partial charge in [0.05, 0.1) is 34.4 Å². The van der Waals surface area contributed by atoms with Gasteiger partial charge < -0.3 is 18.9 Å². The number of hydrogen-bond acceptors (Lipinski definition) is 6. The van der Waals surface area contributed by atoms with Crippen molar-refractivity contribution in [2.45, 2.75) is 129 Å². The van der Waals surface area contributed by atoms with Crippen LogP contribution in [0.25, 0.3) is 0 Å². The van der Waals surface area contributed by atoms with Gasteiger partial charge in [0.2, 0.25) is 0 Å². The first kappa shape index (κ1) is 37.5. The summed E-state index contributed by atoms with van der Waals surface area (Å²) in [5, 5.41) is 0. The fraction of sp³-hybridized carbons (Fsp3) is 0.966. The van der Waals surface area contributed by atoms with Crippen molar-refractivity contribution in [3.05, 3.63) is 0 Å². The third kappa shape index (κ3) is 28.5. The second kappa shape index (κ2) is 24.3. The highest BCUT2D eigenvalue weighted by Crippen LogP contribution is 2.43. The third-order valence-electron chi connectivity index (χ3n) is 6.47. The number of quaternary nitrogens is 1. The van der Waals surface area contributed by atoms with Gasteiger partial charge in [0.25, 0.3) is 0 Å². The number of unbranched alkanes of at least 4 members (excludes halogenated alkanes) is 16. The van der Waals surface area contributed by atoms with Crippen LogP contribution in [0.2, 0.25) is 0 Å². The molecule has 1 N–H and O–H groups in total. The summed E-state index contributed by atoms with van der Waals surface area (Å²) in [6, 6.07) is 0. The van der Waals surface area contributed by atoms with Crippen LogP contribution in [-0.2, 0) is 27.9 Å². The Morgan fingerprint density at radius 3 is 1.58 bits per heavy atom. The van der Waals surface area contributed by atoms with Gasteiger partial charge in [-0.2, -0.15) is 0 Å². The van der Waals surface area contributed by atoms with E-state index in [1.165, 1.54) is 103 Å². The zero-order valence-corrected chi connectivity index (χ0v) is 26.3. The van der Waals surface area contributed by atoms with Gasteiger partial charge in [-0.05, 0) is 6.42 Å². The summed E-state index contributed by atoms with van der Waals surface area (Å²) in [6.07, 6.45) is 21.8. The number of ether oxygens (including phenoxy) is 2. The minimum Gasteiger partial charge on any atom is -0.458 e. The van der Waals surface area contributed by atoms with Crippen molar-refractivity contribution in [3.8, 4) is 0 Å². The van der Waals surface area contributed by atoms with Crippen LogP contribution in [0.4, 0.5) is 0 Å². The second-order valence-electron chi connectivity index (χ2n) is 11.6. The molecule has 0 radical (unpaired) electrons. The monoisotopic (exact) mass is 566 g/mol. The minimum atomic E-state index is -4.21. The Morgan fingerprint density at radius 1 is 0.711 bits per heavy atom. The molecule has 0 aromatic rings. The molecule has 0 rings (SSSR count). The number of nitrogens with zero attached hydrogens (tertiary/aromatic N) is 1. The molecule has 0 heterocycles. The Kier molecular flexibility index (Phi) is 24.0. The maximum absolute atomic E-state index is 12.1. The highest BCUT2D eigenvalue weighted by atomic mass is 31.2. The Morgan fingerprint density at radius 2 is 1.16 bits per heavy atom. The number of phosphoric acid groups is 1. The van der Waals surface area contributed by atoms with Gasteiger partial charge in [-0.15, -0.1) is 0 Å². The minimum absolute atomic E-state index is 0.0886. The second-order valence-corrected chi connectivity index (χ2v) is 13.0. The van der Waals surface area contributed by atoms with E-state index in [1.54, 1.807) is 0 Å². The predicted octanol–water partition coefficient (Wildman–Crippen LogP) is 7.43. The van der Waals surface area contributed by atoms with Gasteiger partial charge in [-0.25, -0.2) is 4.57 Å². The van der Waals surface area contributed by atoms with Crippen LogP contribution in [0, 0.1) is 0 Å². The van der Waals surface area contributed by atoms with Crippen LogP contribution in [0.3, 0.4) is 0 Å². The molecule has 2 unspecified atom stereocenters. The number of carbonyl (C=O) groups excluding carboxylic acids is 1. The molecule has 0 saturated heterocycles. The first-order valence-electron chi connectivity index (χ1n) is 15.2. The molecule has 0 amide bonds. The van der Waals surface area contributed by atoms with E-state index in [1.807, 2.05) is 21.1 Å². The predicted molar refractivity (Wildman–Crippen MR) is 155 cm³/mol. The lowest BCUT2D eigenvalue weighted by Crippen LogP contribution is -2.37. The quantitative estimate of drug-likeness (QED) is 0.0456. The van der Waals surface area contributed by atoms with Gasteiger partial charge in [0, 0.05) is 13.5 Å². The van der Waals surface area contributed by atoms with Crippen molar-refractivity contribution in [1.29, 1.82) is 0 Å². The topological polar surface area (TPSA) is 91.3 Å². The average molecular weight is 567 g/mol. The van der Waals surface area contributed by atoms with Crippen molar-refractivity contribution >= 4 is 13.8 Å². The molecule has 8 nitrogen and oxygen atoms in total. The van der Waals surface area contributed by atoms with Gasteiger partial charge >= 0.3 is 13.8 Å². The Bertz CT molecular complexity index is 598. The number of phosphoric ester groups is 1. The van der Waals surface area contributed by atoms with Crippen LogP contribution in [0.5, 0.6) is 0 Å². The summed E-state index contributed by atoms with van der Waals surface area (Å²) in [6.45, 7) is 4.64. The lowest BCUT2D eigenvalue weighted by molar-refractivity contribution is -0.870. The van der Waals surface area contributed by atoms with E-state index in [9.17, 15) is 14.3 Å². The number of rotatable bonds is 28. The van der Waals surface area contributed by atoms with E-state index < -0.39 is 19.9 Å². The zero-order chi connectivity index (χ0) is 28.5. The Labute approximate surface area is 234 Å². The molecule has 0 spiro atoms. The summed E-state index contributed by atoms with van der Waals surface area (Å²) >= 11 is 0. The van der Waals surface area contributed by atoms with E-state index in [4.69, 9.17) is 18.5 Å². The average Bonchev–Trinajstić information content (AvgIpc) is 2.82. The number of esters is 1. The van der Waals surface area contributed by atoms with E-state index in [2.05, 4.69) is 6.92 Å². The number of carbonyl (C=O) groups is 1. The fourth-order valence-corrected chi connectivity index (χ4v) is 4.88.